The zero-order valence-corrected chi connectivity index (χ0v) is 13.0. The molecule has 0 bridgehead atoms. The number of hydrogen-bond donors (Lipinski definition) is 1. The van der Waals surface area contributed by atoms with Crippen molar-refractivity contribution in [2.75, 3.05) is 40.8 Å². The van der Waals surface area contributed by atoms with Crippen LogP contribution >= 0.6 is 0 Å². The van der Waals surface area contributed by atoms with Crippen LogP contribution in [0.25, 0.3) is 0 Å². The molecule has 0 fully saturated rings. The van der Waals surface area contributed by atoms with Gasteiger partial charge in [-0.3, -0.25) is 0 Å². The summed E-state index contributed by atoms with van der Waals surface area (Å²) in [6.07, 6.45) is -6.29. The molecule has 0 atom stereocenters. The number of carboxylic acids is 1. The van der Waals surface area contributed by atoms with Crippen molar-refractivity contribution < 1.29 is 44.8 Å². The molecule has 0 aliphatic heterocycles. The molecule has 0 aromatic heterocycles. The minimum Gasteiger partial charge on any atom is -0.477 e. The summed E-state index contributed by atoms with van der Waals surface area (Å²) >= 11 is 0. The molecule has 0 saturated carbocycles. The van der Waals surface area contributed by atoms with Gasteiger partial charge in [0.05, 0.1) is 20.6 Å². The largest absolute Gasteiger partial charge is 0.477 e. The molecule has 0 unspecified atom stereocenters. The molecule has 132 valence electrons. The van der Waals surface area contributed by atoms with Gasteiger partial charge in [-0.2, -0.15) is 26.3 Å². The van der Waals surface area contributed by atoms with Gasteiger partial charge in [-0.25, -0.2) is 13.2 Å². The summed E-state index contributed by atoms with van der Waals surface area (Å²) in [7, 11) is -2.25. The van der Waals surface area contributed by atoms with Gasteiger partial charge in [0.2, 0.25) is 0 Å². The maximum atomic E-state index is 13.0. The lowest BCUT2D eigenvalue weighted by Crippen LogP contribution is -2.51. The maximum absolute atomic E-state index is 13.0. The Balaban J connectivity index is 4.81. The zero-order chi connectivity index (χ0) is 18.0. The van der Waals surface area contributed by atoms with Crippen LogP contribution in [-0.2, 0) is 14.8 Å². The van der Waals surface area contributed by atoms with Crippen LogP contribution in [0.2, 0.25) is 0 Å². The Bertz CT molecular complexity index is 504. The number of rotatable bonds is 8. The summed E-state index contributed by atoms with van der Waals surface area (Å²) in [5.41, 5.74) is 0. The smallest absolute Gasteiger partial charge is 0.470 e. The van der Waals surface area contributed by atoms with Crippen LogP contribution in [0.4, 0.5) is 22.0 Å². The van der Waals surface area contributed by atoms with Crippen LogP contribution in [0, 0.1) is 0 Å². The van der Waals surface area contributed by atoms with Gasteiger partial charge in [0.1, 0.15) is 0 Å². The standard InChI is InChI=1S/C10H17F5N2O4S/c1-16(5-4-6-17(2,3)7-8(18)19)22(20,21)10(14,15)9(11,12)13/h4-7H2,1-3H3/p+1. The van der Waals surface area contributed by atoms with Crippen molar-refractivity contribution in [1.29, 1.82) is 0 Å². The van der Waals surface area contributed by atoms with Gasteiger partial charge in [-0.1, -0.05) is 0 Å². The molecule has 1 N–H and O–H groups in total. The van der Waals surface area contributed by atoms with Gasteiger partial charge >= 0.3 is 17.4 Å². The molecule has 0 rings (SSSR count). The molecule has 0 saturated heterocycles. The van der Waals surface area contributed by atoms with Crippen LogP contribution in [0.15, 0.2) is 0 Å². The fraction of sp³-hybridized carbons (Fsp3) is 0.900. The van der Waals surface area contributed by atoms with Crippen LogP contribution in [0.1, 0.15) is 6.42 Å². The Morgan fingerprint density at radius 3 is 2.00 bits per heavy atom. The number of alkyl halides is 5. The van der Waals surface area contributed by atoms with E-state index in [1.165, 1.54) is 14.1 Å². The second kappa shape index (κ2) is 6.62. The summed E-state index contributed by atoms with van der Waals surface area (Å²) in [4.78, 5) is 10.6. The van der Waals surface area contributed by atoms with Crippen molar-refractivity contribution in [3.8, 4) is 0 Å². The Hall–Kier alpha value is -1.01. The number of nitrogens with zero attached hydrogens (tertiary/aromatic N) is 2. The first kappa shape index (κ1) is 21.0. The van der Waals surface area contributed by atoms with Gasteiger partial charge in [0.15, 0.2) is 6.54 Å². The number of carboxylic acid groups (broad SMARTS) is 1. The predicted molar refractivity (Wildman–Crippen MR) is 66.6 cm³/mol. The topological polar surface area (TPSA) is 74.7 Å². The lowest BCUT2D eigenvalue weighted by atomic mass is 10.3. The van der Waals surface area contributed by atoms with E-state index >= 15 is 0 Å². The fourth-order valence-electron chi connectivity index (χ4n) is 1.63. The summed E-state index contributed by atoms with van der Waals surface area (Å²) < 4.78 is 84.7. The van der Waals surface area contributed by atoms with E-state index in [9.17, 15) is 35.2 Å². The van der Waals surface area contributed by atoms with E-state index in [0.717, 1.165) is 0 Å². The molecule has 0 radical (unpaired) electrons. The van der Waals surface area contributed by atoms with Crippen LogP contribution in [0.5, 0.6) is 0 Å². The Labute approximate surface area is 124 Å². The minimum atomic E-state index is -6.21. The van der Waals surface area contributed by atoms with E-state index in [1.807, 2.05) is 0 Å². The van der Waals surface area contributed by atoms with Crippen molar-refractivity contribution in [2.24, 2.45) is 0 Å². The quantitative estimate of drug-likeness (QED) is 0.519. The monoisotopic (exact) mass is 357 g/mol. The van der Waals surface area contributed by atoms with E-state index in [-0.39, 0.29) is 28.3 Å². The zero-order valence-electron chi connectivity index (χ0n) is 12.2. The van der Waals surface area contributed by atoms with Crippen molar-refractivity contribution in [3.63, 3.8) is 0 Å². The molecule has 0 spiro atoms. The SMILES string of the molecule is CN(CCC[N+](C)(C)CC(=O)O)S(=O)(=O)C(F)(F)C(F)(F)F. The third-order valence-corrected chi connectivity index (χ3v) is 4.75. The summed E-state index contributed by atoms with van der Waals surface area (Å²) in [6.45, 7) is -0.797. The van der Waals surface area contributed by atoms with Crippen molar-refractivity contribution >= 4 is 16.0 Å². The Morgan fingerprint density at radius 1 is 1.18 bits per heavy atom. The molecule has 0 aromatic rings. The molecular weight excluding hydrogens is 339 g/mol. The number of halogens is 5. The van der Waals surface area contributed by atoms with Crippen LogP contribution in [-0.4, -0.2) is 80.5 Å². The van der Waals surface area contributed by atoms with Crippen molar-refractivity contribution in [2.45, 2.75) is 17.9 Å². The first-order valence-corrected chi connectivity index (χ1v) is 7.43. The second-order valence-electron chi connectivity index (χ2n) is 5.41. The third kappa shape index (κ3) is 5.02. The maximum Gasteiger partial charge on any atom is 0.470 e. The number of sulfonamides is 1. The lowest BCUT2D eigenvalue weighted by molar-refractivity contribution is -0.883. The molecular formula is C10H18F5N2O4S+. The fourth-order valence-corrected chi connectivity index (χ4v) is 2.68. The van der Waals surface area contributed by atoms with Crippen LogP contribution < -0.4 is 0 Å². The predicted octanol–water partition coefficient (Wildman–Crippen LogP) is 0.954. The normalized spacial score (nSPS) is 14.4. The van der Waals surface area contributed by atoms with Gasteiger partial charge in [0.25, 0.3) is 10.0 Å². The second-order valence-corrected chi connectivity index (χ2v) is 7.49. The molecule has 22 heavy (non-hydrogen) atoms. The van der Waals surface area contributed by atoms with Crippen LogP contribution in [0.3, 0.4) is 0 Å². The number of likely N-dealkylation sites (N-methyl/N-ethyl adjacent to an activating group) is 1. The summed E-state index contributed by atoms with van der Waals surface area (Å²) in [6, 6.07) is 0. The highest BCUT2D eigenvalue weighted by molar-refractivity contribution is 7.90. The third-order valence-electron chi connectivity index (χ3n) is 2.86. The molecule has 0 amide bonds. The molecule has 6 nitrogen and oxygen atoms in total. The highest BCUT2D eigenvalue weighted by atomic mass is 32.2. The molecule has 0 aromatic carbocycles. The van der Waals surface area contributed by atoms with Crippen molar-refractivity contribution in [3.05, 3.63) is 0 Å². The van der Waals surface area contributed by atoms with E-state index < -0.39 is 34.0 Å². The Morgan fingerprint density at radius 2 is 1.64 bits per heavy atom. The van der Waals surface area contributed by atoms with Gasteiger partial charge in [0, 0.05) is 20.0 Å². The van der Waals surface area contributed by atoms with Gasteiger partial charge in [-0.15, -0.1) is 0 Å². The molecule has 0 heterocycles. The van der Waals surface area contributed by atoms with Gasteiger partial charge < -0.3 is 9.59 Å². The first-order valence-electron chi connectivity index (χ1n) is 5.99. The number of aliphatic carboxylic acids is 1. The first-order chi connectivity index (χ1) is 9.54. The number of hydrogen-bond acceptors (Lipinski definition) is 3. The number of carbonyl (C=O) groups is 1. The minimum absolute atomic E-state index is 0.0682. The van der Waals surface area contributed by atoms with Gasteiger partial charge in [-0.05, 0) is 0 Å². The van der Waals surface area contributed by atoms with E-state index in [0.29, 0.717) is 7.05 Å². The van der Waals surface area contributed by atoms with Crippen molar-refractivity contribution in [1.82, 2.24) is 4.31 Å². The highest BCUT2D eigenvalue weighted by Crippen LogP contribution is 2.41. The number of quaternary nitrogens is 1. The molecule has 12 heteroatoms. The summed E-state index contributed by atoms with van der Waals surface area (Å²) in [5, 5.41) is 2.76. The van der Waals surface area contributed by atoms with E-state index in [4.69, 9.17) is 5.11 Å². The summed E-state index contributed by atoms with van der Waals surface area (Å²) in [5.74, 6) is -1.12. The molecule has 0 aliphatic carbocycles. The highest BCUT2D eigenvalue weighted by Gasteiger charge is 2.68. The van der Waals surface area contributed by atoms with E-state index in [2.05, 4.69) is 0 Å². The lowest BCUT2D eigenvalue weighted by Gasteiger charge is -2.29. The van der Waals surface area contributed by atoms with E-state index in [1.54, 1.807) is 0 Å². The average Bonchev–Trinajstić information content (AvgIpc) is 2.24. The average molecular weight is 357 g/mol. The molecule has 0 aliphatic rings. The Kier molecular flexibility index (Phi) is 6.32.